The van der Waals surface area contributed by atoms with Gasteiger partial charge in [0.05, 0.1) is 22.9 Å². The first-order chi connectivity index (χ1) is 12.5. The average Bonchev–Trinajstić information content (AvgIpc) is 3.22. The number of carbonyl (C=O) groups is 1. The van der Waals surface area contributed by atoms with Crippen LogP contribution in [0.4, 0.5) is 5.69 Å². The highest BCUT2D eigenvalue weighted by Crippen LogP contribution is 2.24. The van der Waals surface area contributed by atoms with E-state index in [0.717, 1.165) is 22.0 Å². The molecule has 1 N–H and O–H groups in total. The molecule has 8 heteroatoms. The van der Waals surface area contributed by atoms with Crippen LogP contribution < -0.4 is 5.32 Å². The minimum absolute atomic E-state index is 0.0991. The molecule has 2 heterocycles. The predicted octanol–water partition coefficient (Wildman–Crippen LogP) is 4.28. The van der Waals surface area contributed by atoms with Crippen LogP contribution in [0.1, 0.15) is 41.9 Å². The van der Waals surface area contributed by atoms with Crippen LogP contribution in [0, 0.1) is 6.92 Å². The first-order valence-electron chi connectivity index (χ1n) is 8.26. The van der Waals surface area contributed by atoms with Gasteiger partial charge in [0.15, 0.2) is 0 Å². The van der Waals surface area contributed by atoms with E-state index in [1.165, 1.54) is 11.8 Å². The zero-order valence-corrected chi connectivity index (χ0v) is 16.5. The number of nitrogens with one attached hydrogen (secondary N) is 1. The molecular formula is C18H20N4O2S2. The molecule has 6 nitrogen and oxygen atoms in total. The maximum absolute atomic E-state index is 12.2. The van der Waals surface area contributed by atoms with Gasteiger partial charge in [-0.25, -0.2) is 4.98 Å². The first-order valence-corrected chi connectivity index (χ1v) is 10.1. The van der Waals surface area contributed by atoms with E-state index in [0.29, 0.717) is 23.5 Å². The van der Waals surface area contributed by atoms with Gasteiger partial charge in [-0.05, 0) is 24.5 Å². The van der Waals surface area contributed by atoms with Gasteiger partial charge in [0.1, 0.15) is 0 Å². The average molecular weight is 389 g/mol. The number of nitrogens with zero attached hydrogens (tertiary/aromatic N) is 3. The number of anilines is 1. The maximum atomic E-state index is 12.2. The van der Waals surface area contributed by atoms with E-state index < -0.39 is 0 Å². The molecule has 0 saturated carbocycles. The molecule has 0 aliphatic carbocycles. The largest absolute Gasteiger partial charge is 0.416 e. The van der Waals surface area contributed by atoms with Crippen molar-refractivity contribution in [3.63, 3.8) is 0 Å². The van der Waals surface area contributed by atoms with Crippen molar-refractivity contribution in [2.45, 2.75) is 38.3 Å². The van der Waals surface area contributed by atoms with Gasteiger partial charge in [0.2, 0.25) is 11.8 Å². The summed E-state index contributed by atoms with van der Waals surface area (Å²) >= 11 is 2.82. The van der Waals surface area contributed by atoms with E-state index in [4.69, 9.17) is 4.42 Å². The second-order valence-electron chi connectivity index (χ2n) is 6.08. The summed E-state index contributed by atoms with van der Waals surface area (Å²) in [5.74, 6) is 0.956. The number of amides is 1. The third kappa shape index (κ3) is 4.92. The van der Waals surface area contributed by atoms with E-state index in [1.54, 1.807) is 11.3 Å². The van der Waals surface area contributed by atoms with Gasteiger partial charge in [-0.1, -0.05) is 43.8 Å². The number of carbonyl (C=O) groups excluding carboxylic acids is 1. The Balaban J connectivity index is 1.54. The zero-order valence-electron chi connectivity index (χ0n) is 14.9. The van der Waals surface area contributed by atoms with Gasteiger partial charge in [0.25, 0.3) is 5.22 Å². The molecule has 3 aromatic rings. The summed E-state index contributed by atoms with van der Waals surface area (Å²) in [6.45, 7) is 6.16. The van der Waals surface area contributed by atoms with Crippen LogP contribution in [-0.2, 0) is 11.2 Å². The van der Waals surface area contributed by atoms with Crippen LogP contribution in [-0.4, -0.2) is 26.8 Å². The Labute approximate surface area is 160 Å². The number of thioether (sulfide) groups is 1. The number of hydrogen-bond acceptors (Lipinski definition) is 7. The number of para-hydroxylation sites is 1. The molecule has 0 spiro atoms. The number of aromatic nitrogens is 3. The zero-order chi connectivity index (χ0) is 18.5. The molecule has 0 unspecified atom stereocenters. The molecule has 3 rings (SSSR count). The smallest absolute Gasteiger partial charge is 0.277 e. The first kappa shape index (κ1) is 18.6. The van der Waals surface area contributed by atoms with Crippen molar-refractivity contribution < 1.29 is 9.21 Å². The molecule has 1 amide bonds. The summed E-state index contributed by atoms with van der Waals surface area (Å²) in [5, 5.41) is 14.3. The lowest BCUT2D eigenvalue weighted by Crippen LogP contribution is -2.15. The quantitative estimate of drug-likeness (QED) is 0.609. The van der Waals surface area contributed by atoms with E-state index >= 15 is 0 Å². The normalized spacial score (nSPS) is 11.1. The summed E-state index contributed by atoms with van der Waals surface area (Å²) < 4.78 is 5.58. The van der Waals surface area contributed by atoms with Gasteiger partial charge in [-0.2, -0.15) is 0 Å². The Morgan fingerprint density at radius 3 is 2.85 bits per heavy atom. The van der Waals surface area contributed by atoms with Crippen molar-refractivity contribution >= 4 is 34.7 Å². The second-order valence-corrected chi connectivity index (χ2v) is 8.06. The highest BCUT2D eigenvalue weighted by atomic mass is 32.2. The molecule has 0 fully saturated rings. The van der Waals surface area contributed by atoms with Crippen LogP contribution in [0.2, 0.25) is 0 Å². The number of benzene rings is 1. The van der Waals surface area contributed by atoms with Crippen molar-refractivity contribution in [1.82, 2.24) is 15.2 Å². The molecule has 136 valence electrons. The van der Waals surface area contributed by atoms with Gasteiger partial charge in [-0.15, -0.1) is 21.5 Å². The number of rotatable bonds is 7. The van der Waals surface area contributed by atoms with Crippen molar-refractivity contribution in [3.05, 3.63) is 51.8 Å². The topological polar surface area (TPSA) is 80.9 Å². The van der Waals surface area contributed by atoms with Gasteiger partial charge in [-0.3, -0.25) is 4.79 Å². The monoisotopic (exact) mass is 388 g/mol. The lowest BCUT2D eigenvalue weighted by molar-refractivity contribution is -0.113. The molecule has 26 heavy (non-hydrogen) atoms. The molecule has 0 atom stereocenters. The molecule has 0 radical (unpaired) electrons. The molecule has 2 aromatic heterocycles. The summed E-state index contributed by atoms with van der Waals surface area (Å²) in [5.41, 5.74) is 2.87. The summed E-state index contributed by atoms with van der Waals surface area (Å²) in [6, 6.07) is 7.83. The third-order valence-corrected chi connectivity index (χ3v) is 5.27. The Morgan fingerprint density at radius 2 is 2.12 bits per heavy atom. The Bertz CT molecular complexity index is 889. The Morgan fingerprint density at radius 1 is 1.31 bits per heavy atom. The lowest BCUT2D eigenvalue weighted by atomic mass is 10.0. The van der Waals surface area contributed by atoms with Gasteiger partial charge >= 0.3 is 0 Å². The highest BCUT2D eigenvalue weighted by molar-refractivity contribution is 7.99. The predicted molar refractivity (Wildman–Crippen MR) is 104 cm³/mol. The van der Waals surface area contributed by atoms with Crippen LogP contribution in [0.25, 0.3) is 0 Å². The standard InChI is InChI=1S/C18H20N4O2S2/c1-11(2)14-6-4-5-7-15(14)20-16(23)10-26-18-22-21-17(24-18)8-13-9-25-12(3)19-13/h4-7,9,11H,8,10H2,1-3H3,(H,20,23). The van der Waals surface area contributed by atoms with Crippen molar-refractivity contribution in [2.75, 3.05) is 11.1 Å². The number of hydrogen-bond donors (Lipinski definition) is 1. The minimum Gasteiger partial charge on any atom is -0.416 e. The Hall–Kier alpha value is -2.19. The Kier molecular flexibility index (Phi) is 6.05. The number of thiazole rings is 1. The van der Waals surface area contributed by atoms with Crippen LogP contribution >= 0.6 is 23.1 Å². The molecule has 0 aliphatic heterocycles. The summed E-state index contributed by atoms with van der Waals surface area (Å²) in [4.78, 5) is 16.6. The minimum atomic E-state index is -0.0991. The molecule has 0 saturated heterocycles. The second kappa shape index (κ2) is 8.46. The fraction of sp³-hybridized carbons (Fsp3) is 0.333. The third-order valence-electron chi connectivity index (χ3n) is 3.63. The van der Waals surface area contributed by atoms with E-state index in [1.807, 2.05) is 36.6 Å². The van der Waals surface area contributed by atoms with E-state index in [9.17, 15) is 4.79 Å². The highest BCUT2D eigenvalue weighted by Gasteiger charge is 2.13. The van der Waals surface area contributed by atoms with Gasteiger partial charge in [0, 0.05) is 11.1 Å². The van der Waals surface area contributed by atoms with Crippen molar-refractivity contribution in [3.8, 4) is 0 Å². The number of aryl methyl sites for hydroxylation is 1. The SMILES string of the molecule is Cc1nc(Cc2nnc(SCC(=O)Nc3ccccc3C(C)C)o2)cs1. The van der Waals surface area contributed by atoms with Crippen molar-refractivity contribution in [1.29, 1.82) is 0 Å². The molecule has 0 aliphatic rings. The molecular weight excluding hydrogens is 368 g/mol. The molecule has 0 bridgehead atoms. The lowest BCUT2D eigenvalue weighted by Gasteiger charge is -2.13. The van der Waals surface area contributed by atoms with E-state index in [2.05, 4.69) is 34.3 Å². The van der Waals surface area contributed by atoms with Gasteiger partial charge < -0.3 is 9.73 Å². The summed E-state index contributed by atoms with van der Waals surface area (Å²) in [6.07, 6.45) is 0.506. The van der Waals surface area contributed by atoms with Crippen LogP contribution in [0.3, 0.4) is 0 Å². The van der Waals surface area contributed by atoms with Crippen molar-refractivity contribution in [2.24, 2.45) is 0 Å². The summed E-state index contributed by atoms with van der Waals surface area (Å²) in [7, 11) is 0. The van der Waals surface area contributed by atoms with E-state index in [-0.39, 0.29) is 11.7 Å². The fourth-order valence-corrected chi connectivity index (χ4v) is 3.63. The van der Waals surface area contributed by atoms with Crippen LogP contribution in [0.15, 0.2) is 39.3 Å². The maximum Gasteiger partial charge on any atom is 0.277 e. The molecule has 1 aromatic carbocycles. The fourth-order valence-electron chi connectivity index (χ4n) is 2.44. The van der Waals surface area contributed by atoms with Crippen LogP contribution in [0.5, 0.6) is 0 Å².